The van der Waals surface area contributed by atoms with Gasteiger partial charge in [0.1, 0.15) is 0 Å². The highest BCUT2D eigenvalue weighted by molar-refractivity contribution is 5.81. The lowest BCUT2D eigenvalue weighted by Crippen LogP contribution is -2.43. The predicted molar refractivity (Wildman–Crippen MR) is 83.9 cm³/mol. The summed E-state index contributed by atoms with van der Waals surface area (Å²) < 4.78 is 5.63. The van der Waals surface area contributed by atoms with Crippen LogP contribution < -0.4 is 11.1 Å². The molecule has 0 aliphatic carbocycles. The van der Waals surface area contributed by atoms with Gasteiger partial charge < -0.3 is 15.8 Å². The molecule has 1 fully saturated rings. The molecule has 3 unspecified atom stereocenters. The van der Waals surface area contributed by atoms with Crippen molar-refractivity contribution in [2.45, 2.75) is 44.8 Å². The van der Waals surface area contributed by atoms with E-state index in [2.05, 4.69) is 24.4 Å². The molecular formula is C17H26N2O2. The second-order valence-electron chi connectivity index (χ2n) is 5.74. The summed E-state index contributed by atoms with van der Waals surface area (Å²) in [7, 11) is 0. The zero-order valence-corrected chi connectivity index (χ0v) is 12.8. The van der Waals surface area contributed by atoms with Crippen LogP contribution in [0, 0.1) is 5.92 Å². The number of hydrogen-bond donors (Lipinski definition) is 2. The number of rotatable bonds is 7. The fourth-order valence-electron chi connectivity index (χ4n) is 2.84. The molecule has 1 aliphatic heterocycles. The predicted octanol–water partition coefficient (Wildman–Crippen LogP) is 1.88. The molecule has 0 spiro atoms. The normalized spacial score (nSPS) is 23.0. The lowest BCUT2D eigenvalue weighted by Gasteiger charge is -2.19. The van der Waals surface area contributed by atoms with E-state index in [0.717, 1.165) is 25.9 Å². The molecule has 1 saturated heterocycles. The molecule has 0 aromatic heterocycles. The molecule has 1 amide bonds. The molecule has 1 aromatic rings. The lowest BCUT2D eigenvalue weighted by molar-refractivity contribution is -0.122. The Morgan fingerprint density at radius 3 is 2.90 bits per heavy atom. The highest BCUT2D eigenvalue weighted by Gasteiger charge is 2.27. The van der Waals surface area contributed by atoms with Crippen molar-refractivity contribution in [3.8, 4) is 0 Å². The first-order valence-corrected chi connectivity index (χ1v) is 7.89. The van der Waals surface area contributed by atoms with Crippen LogP contribution in [-0.2, 0) is 16.0 Å². The van der Waals surface area contributed by atoms with E-state index in [-0.39, 0.29) is 12.0 Å². The van der Waals surface area contributed by atoms with Crippen LogP contribution in [0.1, 0.15) is 31.7 Å². The van der Waals surface area contributed by atoms with E-state index in [9.17, 15) is 4.79 Å². The highest BCUT2D eigenvalue weighted by atomic mass is 16.5. The first-order chi connectivity index (χ1) is 10.2. The summed E-state index contributed by atoms with van der Waals surface area (Å²) in [6.45, 7) is 3.60. The monoisotopic (exact) mass is 290 g/mol. The smallest absolute Gasteiger partial charge is 0.236 e. The quantitative estimate of drug-likeness (QED) is 0.806. The van der Waals surface area contributed by atoms with Crippen LogP contribution in [0.2, 0.25) is 0 Å². The Morgan fingerprint density at radius 1 is 1.43 bits per heavy atom. The zero-order valence-electron chi connectivity index (χ0n) is 12.8. The molecule has 4 nitrogen and oxygen atoms in total. The molecule has 1 aromatic carbocycles. The summed E-state index contributed by atoms with van der Waals surface area (Å²) in [6.07, 6.45) is 3.82. The average molecular weight is 290 g/mol. The van der Waals surface area contributed by atoms with Gasteiger partial charge >= 0.3 is 0 Å². The maximum atomic E-state index is 12.0. The van der Waals surface area contributed by atoms with Gasteiger partial charge in [-0.25, -0.2) is 0 Å². The number of carbonyl (C=O) groups is 1. The maximum Gasteiger partial charge on any atom is 0.236 e. The minimum absolute atomic E-state index is 0.0484. The van der Waals surface area contributed by atoms with Crippen molar-refractivity contribution in [2.24, 2.45) is 11.7 Å². The Labute approximate surface area is 127 Å². The minimum Gasteiger partial charge on any atom is -0.378 e. The third-order valence-corrected chi connectivity index (χ3v) is 4.21. The number of benzene rings is 1. The van der Waals surface area contributed by atoms with Crippen LogP contribution in [0.25, 0.3) is 0 Å². The van der Waals surface area contributed by atoms with Gasteiger partial charge in [-0.3, -0.25) is 4.79 Å². The Hall–Kier alpha value is -1.39. The number of ether oxygens (including phenoxy) is 1. The van der Waals surface area contributed by atoms with Gasteiger partial charge in [-0.2, -0.15) is 0 Å². The molecule has 4 heteroatoms. The summed E-state index contributed by atoms with van der Waals surface area (Å²) in [5.41, 5.74) is 7.19. The zero-order chi connectivity index (χ0) is 15.1. The van der Waals surface area contributed by atoms with E-state index in [0.29, 0.717) is 18.9 Å². The summed E-state index contributed by atoms with van der Waals surface area (Å²) in [5.74, 6) is 0.382. The van der Waals surface area contributed by atoms with Gasteiger partial charge in [0, 0.05) is 19.1 Å². The molecule has 21 heavy (non-hydrogen) atoms. The van der Waals surface area contributed by atoms with Gasteiger partial charge in [0.05, 0.1) is 12.1 Å². The molecule has 0 saturated carbocycles. The molecule has 0 bridgehead atoms. The fourth-order valence-corrected chi connectivity index (χ4v) is 2.84. The molecule has 3 atom stereocenters. The van der Waals surface area contributed by atoms with Crippen LogP contribution in [0.3, 0.4) is 0 Å². The molecule has 3 N–H and O–H groups in total. The van der Waals surface area contributed by atoms with E-state index in [4.69, 9.17) is 10.5 Å². The summed E-state index contributed by atoms with van der Waals surface area (Å²) in [4.78, 5) is 12.0. The SMILES string of the molecule is CCC1OCCC1CNC(=O)C(N)CCc1ccccc1. The van der Waals surface area contributed by atoms with Gasteiger partial charge in [0.25, 0.3) is 0 Å². The minimum atomic E-state index is -0.437. The Morgan fingerprint density at radius 2 is 2.19 bits per heavy atom. The van der Waals surface area contributed by atoms with Crippen molar-refractivity contribution in [3.05, 3.63) is 35.9 Å². The second kappa shape index (κ2) is 8.15. The molecule has 1 aliphatic rings. The summed E-state index contributed by atoms with van der Waals surface area (Å²) in [6, 6.07) is 9.69. The van der Waals surface area contributed by atoms with E-state index >= 15 is 0 Å². The third-order valence-electron chi connectivity index (χ3n) is 4.21. The van der Waals surface area contributed by atoms with Crippen molar-refractivity contribution in [3.63, 3.8) is 0 Å². The summed E-state index contributed by atoms with van der Waals surface area (Å²) >= 11 is 0. The van der Waals surface area contributed by atoms with Gasteiger partial charge in [-0.15, -0.1) is 0 Å². The number of hydrogen-bond acceptors (Lipinski definition) is 3. The first kappa shape index (κ1) is 16.0. The molecule has 0 radical (unpaired) electrons. The van der Waals surface area contributed by atoms with E-state index in [1.165, 1.54) is 5.56 Å². The van der Waals surface area contributed by atoms with Gasteiger partial charge in [-0.05, 0) is 31.2 Å². The highest BCUT2D eigenvalue weighted by Crippen LogP contribution is 2.22. The van der Waals surface area contributed by atoms with Crippen LogP contribution in [0.15, 0.2) is 30.3 Å². The van der Waals surface area contributed by atoms with Crippen molar-refractivity contribution in [2.75, 3.05) is 13.2 Å². The van der Waals surface area contributed by atoms with E-state index in [1.807, 2.05) is 18.2 Å². The van der Waals surface area contributed by atoms with Crippen LogP contribution >= 0.6 is 0 Å². The van der Waals surface area contributed by atoms with E-state index in [1.54, 1.807) is 0 Å². The summed E-state index contributed by atoms with van der Waals surface area (Å²) in [5, 5.41) is 2.98. The largest absolute Gasteiger partial charge is 0.378 e. The second-order valence-corrected chi connectivity index (χ2v) is 5.74. The number of aryl methyl sites for hydroxylation is 1. The Balaban J connectivity index is 1.70. The third kappa shape index (κ3) is 4.83. The number of nitrogens with two attached hydrogens (primary N) is 1. The van der Waals surface area contributed by atoms with Crippen molar-refractivity contribution >= 4 is 5.91 Å². The lowest BCUT2D eigenvalue weighted by atomic mass is 9.99. The Kier molecular flexibility index (Phi) is 6.21. The fraction of sp³-hybridized carbons (Fsp3) is 0.588. The van der Waals surface area contributed by atoms with Gasteiger partial charge in [0.15, 0.2) is 0 Å². The van der Waals surface area contributed by atoms with Crippen molar-refractivity contribution < 1.29 is 9.53 Å². The molecule has 116 valence electrons. The van der Waals surface area contributed by atoms with Crippen LogP contribution in [0.4, 0.5) is 0 Å². The number of carbonyl (C=O) groups excluding carboxylic acids is 1. The maximum absolute atomic E-state index is 12.0. The Bertz CT molecular complexity index is 436. The topological polar surface area (TPSA) is 64.3 Å². The molecular weight excluding hydrogens is 264 g/mol. The van der Waals surface area contributed by atoms with Gasteiger partial charge in [-0.1, -0.05) is 37.3 Å². The standard InChI is InChI=1S/C17H26N2O2/c1-2-16-14(10-11-21-16)12-19-17(20)15(18)9-8-13-6-4-3-5-7-13/h3-7,14-16H,2,8-12,18H2,1H3,(H,19,20). The molecule has 2 rings (SSSR count). The number of amides is 1. The van der Waals surface area contributed by atoms with E-state index < -0.39 is 6.04 Å². The molecule has 1 heterocycles. The van der Waals surface area contributed by atoms with Crippen LogP contribution in [0.5, 0.6) is 0 Å². The number of nitrogens with one attached hydrogen (secondary N) is 1. The van der Waals surface area contributed by atoms with Crippen molar-refractivity contribution in [1.29, 1.82) is 0 Å². The average Bonchev–Trinajstić information content (AvgIpc) is 2.98. The first-order valence-electron chi connectivity index (χ1n) is 7.89. The van der Waals surface area contributed by atoms with Gasteiger partial charge in [0.2, 0.25) is 5.91 Å². The van der Waals surface area contributed by atoms with Crippen LogP contribution in [-0.4, -0.2) is 31.2 Å². The van der Waals surface area contributed by atoms with Crippen molar-refractivity contribution in [1.82, 2.24) is 5.32 Å².